The number of hydrogen-bond donors (Lipinski definition) is 1. The molecule has 0 unspecified atom stereocenters. The molecule has 2 aromatic rings. The highest BCUT2D eigenvalue weighted by Gasteiger charge is 2.16. The molecule has 4 nitrogen and oxygen atoms in total. The fraction of sp³-hybridized carbons (Fsp3) is 0.385. The van der Waals surface area contributed by atoms with Crippen molar-refractivity contribution in [1.82, 2.24) is 9.55 Å². The summed E-state index contributed by atoms with van der Waals surface area (Å²) in [5.74, 6) is -0.480. The van der Waals surface area contributed by atoms with Crippen LogP contribution in [0.25, 0.3) is 10.9 Å². The maximum absolute atomic E-state index is 13.0. The molecule has 18 heavy (non-hydrogen) atoms. The van der Waals surface area contributed by atoms with E-state index in [-0.39, 0.29) is 16.5 Å². The van der Waals surface area contributed by atoms with Crippen molar-refractivity contribution in [2.45, 2.75) is 27.3 Å². The zero-order valence-electron chi connectivity index (χ0n) is 10.6. The molecule has 0 saturated heterocycles. The van der Waals surface area contributed by atoms with Gasteiger partial charge < -0.3 is 4.98 Å². The number of benzene rings is 1. The molecule has 0 amide bonds. The Morgan fingerprint density at radius 3 is 2.56 bits per heavy atom. The third-order valence-electron chi connectivity index (χ3n) is 2.58. The van der Waals surface area contributed by atoms with Crippen LogP contribution in [0.15, 0.2) is 27.8 Å². The van der Waals surface area contributed by atoms with Gasteiger partial charge in [0.25, 0.3) is 5.56 Å². The normalized spacial score (nSPS) is 12.0. The Kier molecular flexibility index (Phi) is 2.84. The van der Waals surface area contributed by atoms with E-state index in [0.717, 1.165) is 10.6 Å². The van der Waals surface area contributed by atoms with Gasteiger partial charge in [-0.15, -0.1) is 0 Å². The molecule has 0 fully saturated rings. The Bertz CT molecular complexity index is 707. The Hall–Kier alpha value is -1.91. The minimum atomic E-state index is -0.506. The lowest BCUT2D eigenvalue weighted by Crippen LogP contribution is -2.38. The summed E-state index contributed by atoms with van der Waals surface area (Å²) in [7, 11) is 0. The average Bonchev–Trinajstić information content (AvgIpc) is 2.22. The quantitative estimate of drug-likeness (QED) is 0.840. The Morgan fingerprint density at radius 1 is 1.28 bits per heavy atom. The van der Waals surface area contributed by atoms with E-state index in [1.165, 1.54) is 12.1 Å². The lowest BCUT2D eigenvalue weighted by Gasteiger charge is -2.19. The number of halogens is 1. The van der Waals surface area contributed by atoms with Gasteiger partial charge in [0.2, 0.25) is 0 Å². The minimum absolute atomic E-state index is 0.190. The predicted octanol–water partition coefficient (Wildman–Crippen LogP) is 1.87. The summed E-state index contributed by atoms with van der Waals surface area (Å²) in [5.41, 5.74) is -0.850. The molecule has 0 spiro atoms. The lowest BCUT2D eigenvalue weighted by molar-refractivity contribution is 0.332. The van der Waals surface area contributed by atoms with Crippen molar-refractivity contribution in [3.05, 3.63) is 44.9 Å². The van der Waals surface area contributed by atoms with Crippen molar-refractivity contribution in [2.24, 2.45) is 5.41 Å². The first-order valence-corrected chi connectivity index (χ1v) is 5.70. The van der Waals surface area contributed by atoms with Gasteiger partial charge in [-0.1, -0.05) is 20.8 Å². The highest BCUT2D eigenvalue weighted by Crippen LogP contribution is 2.14. The standard InChI is InChI=1S/C13H15FN2O2/c1-13(2,3)7-16-11(17)9-5-4-8(14)6-10(9)15-12(16)18/h4-6H,7H2,1-3H3,(H,15,18). The summed E-state index contributed by atoms with van der Waals surface area (Å²) in [5, 5.41) is 0.320. The van der Waals surface area contributed by atoms with Crippen molar-refractivity contribution in [2.75, 3.05) is 0 Å². The highest BCUT2D eigenvalue weighted by molar-refractivity contribution is 5.77. The van der Waals surface area contributed by atoms with E-state index >= 15 is 0 Å². The van der Waals surface area contributed by atoms with Crippen molar-refractivity contribution < 1.29 is 4.39 Å². The molecule has 1 N–H and O–H groups in total. The maximum atomic E-state index is 13.0. The molecule has 0 aliphatic rings. The second kappa shape index (κ2) is 4.08. The zero-order valence-corrected chi connectivity index (χ0v) is 10.6. The van der Waals surface area contributed by atoms with E-state index in [4.69, 9.17) is 0 Å². The summed E-state index contributed by atoms with van der Waals surface area (Å²) in [6.45, 7) is 6.13. The number of nitrogens with one attached hydrogen (secondary N) is 1. The molecular formula is C13H15FN2O2. The van der Waals surface area contributed by atoms with Gasteiger partial charge >= 0.3 is 5.69 Å². The largest absolute Gasteiger partial charge is 0.328 e. The van der Waals surface area contributed by atoms with E-state index in [9.17, 15) is 14.0 Å². The van der Waals surface area contributed by atoms with Gasteiger partial charge in [0, 0.05) is 6.54 Å². The number of hydrogen-bond acceptors (Lipinski definition) is 2. The van der Waals surface area contributed by atoms with Gasteiger partial charge in [-0.3, -0.25) is 9.36 Å². The number of H-pyrrole nitrogens is 1. The molecule has 5 heteroatoms. The van der Waals surface area contributed by atoms with Gasteiger partial charge in [0.05, 0.1) is 10.9 Å². The van der Waals surface area contributed by atoms with Gasteiger partial charge in [0.1, 0.15) is 5.82 Å². The average molecular weight is 250 g/mol. The number of nitrogens with zero attached hydrogens (tertiary/aromatic N) is 1. The Morgan fingerprint density at radius 2 is 1.94 bits per heavy atom. The van der Waals surface area contributed by atoms with Gasteiger partial charge in [-0.2, -0.15) is 0 Å². The van der Waals surface area contributed by atoms with Crippen LogP contribution in [-0.4, -0.2) is 9.55 Å². The predicted molar refractivity (Wildman–Crippen MR) is 68.2 cm³/mol. The molecular weight excluding hydrogens is 235 g/mol. The van der Waals surface area contributed by atoms with Crippen molar-refractivity contribution >= 4 is 10.9 Å². The van der Waals surface area contributed by atoms with Crippen molar-refractivity contribution in [3.63, 3.8) is 0 Å². The van der Waals surface area contributed by atoms with Crippen LogP contribution in [0.2, 0.25) is 0 Å². The summed E-state index contributed by atoms with van der Waals surface area (Å²) in [4.78, 5) is 26.5. The molecule has 2 rings (SSSR count). The first-order valence-electron chi connectivity index (χ1n) is 5.70. The molecule has 0 radical (unpaired) electrons. The summed E-state index contributed by atoms with van der Waals surface area (Å²) in [6, 6.07) is 3.76. The minimum Gasteiger partial charge on any atom is -0.307 e. The van der Waals surface area contributed by atoms with Crippen LogP contribution in [0.5, 0.6) is 0 Å². The van der Waals surface area contributed by atoms with E-state index in [0.29, 0.717) is 11.9 Å². The topological polar surface area (TPSA) is 54.9 Å². The van der Waals surface area contributed by atoms with Crippen molar-refractivity contribution in [1.29, 1.82) is 0 Å². The summed E-state index contributed by atoms with van der Waals surface area (Å²) < 4.78 is 14.2. The van der Waals surface area contributed by atoms with Crippen LogP contribution in [-0.2, 0) is 6.54 Å². The summed E-state index contributed by atoms with van der Waals surface area (Å²) in [6.07, 6.45) is 0. The van der Waals surface area contributed by atoms with Gasteiger partial charge in [0.15, 0.2) is 0 Å². The van der Waals surface area contributed by atoms with E-state index in [1.54, 1.807) is 0 Å². The molecule has 1 aromatic heterocycles. The molecule has 0 aliphatic carbocycles. The SMILES string of the molecule is CC(C)(C)Cn1c(=O)[nH]c2cc(F)ccc2c1=O. The monoisotopic (exact) mass is 250 g/mol. The smallest absolute Gasteiger partial charge is 0.307 e. The Labute approximate surface area is 103 Å². The van der Waals surface area contributed by atoms with E-state index < -0.39 is 11.5 Å². The lowest BCUT2D eigenvalue weighted by atomic mass is 9.97. The number of fused-ring (bicyclic) bond motifs is 1. The molecule has 0 bridgehead atoms. The molecule has 0 atom stereocenters. The van der Waals surface area contributed by atoms with E-state index in [1.807, 2.05) is 20.8 Å². The van der Waals surface area contributed by atoms with Crippen LogP contribution in [0.3, 0.4) is 0 Å². The third kappa shape index (κ3) is 2.34. The second-order valence-electron chi connectivity index (χ2n) is 5.57. The van der Waals surface area contributed by atoms with Crippen LogP contribution >= 0.6 is 0 Å². The fourth-order valence-corrected chi connectivity index (χ4v) is 1.84. The highest BCUT2D eigenvalue weighted by atomic mass is 19.1. The molecule has 1 heterocycles. The van der Waals surface area contributed by atoms with E-state index in [2.05, 4.69) is 4.98 Å². The third-order valence-corrected chi connectivity index (χ3v) is 2.58. The number of aromatic nitrogens is 2. The van der Waals surface area contributed by atoms with Crippen LogP contribution in [0, 0.1) is 11.2 Å². The van der Waals surface area contributed by atoms with Crippen molar-refractivity contribution in [3.8, 4) is 0 Å². The summed E-state index contributed by atoms with van der Waals surface area (Å²) >= 11 is 0. The van der Waals surface area contributed by atoms with Crippen LogP contribution in [0.1, 0.15) is 20.8 Å². The second-order valence-corrected chi connectivity index (χ2v) is 5.57. The number of aromatic amines is 1. The molecule has 0 saturated carbocycles. The number of rotatable bonds is 1. The Balaban J connectivity index is 2.74. The molecule has 1 aromatic carbocycles. The van der Waals surface area contributed by atoms with Crippen LogP contribution in [0.4, 0.5) is 4.39 Å². The molecule has 0 aliphatic heterocycles. The van der Waals surface area contributed by atoms with Gasteiger partial charge in [-0.05, 0) is 23.6 Å². The van der Waals surface area contributed by atoms with Gasteiger partial charge in [-0.25, -0.2) is 9.18 Å². The first kappa shape index (κ1) is 12.5. The maximum Gasteiger partial charge on any atom is 0.328 e. The van der Waals surface area contributed by atoms with Crippen LogP contribution < -0.4 is 11.2 Å². The fourth-order valence-electron chi connectivity index (χ4n) is 1.84. The molecule has 96 valence electrons. The first-order chi connectivity index (χ1) is 8.28. The zero-order chi connectivity index (χ0) is 13.5.